The van der Waals surface area contributed by atoms with E-state index >= 15 is 0 Å². The fourth-order valence-corrected chi connectivity index (χ4v) is 4.25. The summed E-state index contributed by atoms with van der Waals surface area (Å²) in [6.45, 7) is 3.13. The van der Waals surface area contributed by atoms with E-state index in [-0.39, 0.29) is 17.5 Å². The van der Waals surface area contributed by atoms with E-state index in [2.05, 4.69) is 10.3 Å². The van der Waals surface area contributed by atoms with Crippen LogP contribution in [0.25, 0.3) is 0 Å². The van der Waals surface area contributed by atoms with Crippen molar-refractivity contribution in [2.75, 3.05) is 54.5 Å². The zero-order chi connectivity index (χ0) is 24.3. The molecule has 0 spiro atoms. The Hall–Kier alpha value is -3.41. The summed E-state index contributed by atoms with van der Waals surface area (Å²) in [5, 5.41) is 14.4. The molecule has 0 saturated carbocycles. The zero-order valence-electron chi connectivity index (χ0n) is 18.3. The predicted molar refractivity (Wildman–Crippen MR) is 119 cm³/mol. The van der Waals surface area contributed by atoms with Crippen LogP contribution in [0.2, 0.25) is 0 Å². The number of amides is 1. The van der Waals surface area contributed by atoms with Crippen molar-refractivity contribution in [1.82, 2.24) is 4.98 Å². The van der Waals surface area contributed by atoms with Crippen LogP contribution in [0.15, 0.2) is 36.5 Å². The monoisotopic (exact) mass is 479 g/mol. The first-order chi connectivity index (χ1) is 16.2. The summed E-state index contributed by atoms with van der Waals surface area (Å²) in [5.41, 5.74) is -0.929. The Morgan fingerprint density at radius 3 is 2.47 bits per heavy atom. The van der Waals surface area contributed by atoms with Crippen molar-refractivity contribution in [3.8, 4) is 0 Å². The number of hydrogen-bond acceptors (Lipinski definition) is 7. The molecule has 1 aromatic carbocycles. The smallest absolute Gasteiger partial charge is 0.378 e. The highest BCUT2D eigenvalue weighted by molar-refractivity contribution is 5.95. The molecule has 1 N–H and O–H groups in total. The summed E-state index contributed by atoms with van der Waals surface area (Å²) in [4.78, 5) is 31.7. The van der Waals surface area contributed by atoms with E-state index in [1.165, 1.54) is 0 Å². The lowest BCUT2D eigenvalue weighted by Crippen LogP contribution is -2.39. The number of nitro benzene ring substituents is 1. The van der Waals surface area contributed by atoms with Crippen LogP contribution < -0.4 is 15.1 Å². The van der Waals surface area contributed by atoms with Gasteiger partial charge in [0.05, 0.1) is 29.4 Å². The van der Waals surface area contributed by atoms with E-state index in [0.29, 0.717) is 69.8 Å². The largest absolute Gasteiger partial charge is 0.416 e. The van der Waals surface area contributed by atoms with Crippen LogP contribution in [0, 0.1) is 16.0 Å². The van der Waals surface area contributed by atoms with Crippen molar-refractivity contribution in [2.45, 2.75) is 19.0 Å². The fourth-order valence-electron chi connectivity index (χ4n) is 4.25. The van der Waals surface area contributed by atoms with Crippen LogP contribution in [0.1, 0.15) is 18.4 Å². The first-order valence-corrected chi connectivity index (χ1v) is 10.9. The minimum atomic E-state index is -4.67. The number of pyridine rings is 1. The van der Waals surface area contributed by atoms with Crippen LogP contribution in [-0.4, -0.2) is 55.2 Å². The predicted octanol–water partition coefficient (Wildman–Crippen LogP) is 3.70. The minimum Gasteiger partial charge on any atom is -0.378 e. The van der Waals surface area contributed by atoms with Crippen molar-refractivity contribution >= 4 is 28.8 Å². The molecular weight excluding hydrogens is 455 g/mol. The normalized spacial score (nSPS) is 17.5. The first-order valence-electron chi connectivity index (χ1n) is 10.9. The molecule has 12 heteroatoms. The Balaban J connectivity index is 1.42. The molecular formula is C22H24F3N5O4. The van der Waals surface area contributed by atoms with E-state index in [1.807, 2.05) is 4.90 Å². The lowest BCUT2D eigenvalue weighted by atomic mass is 9.95. The Morgan fingerprint density at radius 2 is 1.82 bits per heavy atom. The summed E-state index contributed by atoms with van der Waals surface area (Å²) < 4.78 is 44.3. The highest BCUT2D eigenvalue weighted by Gasteiger charge is 2.35. The number of aromatic nitrogens is 1. The second-order valence-electron chi connectivity index (χ2n) is 8.18. The highest BCUT2D eigenvalue weighted by atomic mass is 19.4. The number of carbonyl (C=O) groups is 1. The maximum atomic E-state index is 13.0. The molecule has 1 aromatic heterocycles. The molecule has 182 valence electrons. The van der Waals surface area contributed by atoms with E-state index in [4.69, 9.17) is 4.74 Å². The summed E-state index contributed by atoms with van der Waals surface area (Å²) in [6, 6.07) is 6.06. The van der Waals surface area contributed by atoms with E-state index in [1.54, 1.807) is 23.2 Å². The number of rotatable bonds is 5. The Morgan fingerprint density at radius 1 is 1.12 bits per heavy atom. The van der Waals surface area contributed by atoms with Gasteiger partial charge in [-0.15, -0.1) is 0 Å². The molecule has 9 nitrogen and oxygen atoms in total. The molecule has 3 heterocycles. The fraction of sp³-hybridized carbons (Fsp3) is 0.455. The molecule has 0 aliphatic carbocycles. The molecule has 2 aliphatic rings. The molecule has 34 heavy (non-hydrogen) atoms. The SMILES string of the molecule is O=C(Nc1cccnc1N1CCOCC1)C1CCN(c2ccc(C(F)(F)F)cc2[N+](=O)[O-])CC1. The maximum absolute atomic E-state index is 13.0. The number of piperidine rings is 1. The molecule has 1 amide bonds. The van der Waals surface area contributed by atoms with Crippen LogP contribution in [0.5, 0.6) is 0 Å². The molecule has 0 radical (unpaired) electrons. The van der Waals surface area contributed by atoms with E-state index in [9.17, 15) is 28.1 Å². The quantitative estimate of drug-likeness (QED) is 0.516. The van der Waals surface area contributed by atoms with Gasteiger partial charge in [-0.25, -0.2) is 4.98 Å². The Kier molecular flexibility index (Phi) is 6.87. The average Bonchev–Trinajstić information content (AvgIpc) is 2.84. The number of nitrogens with one attached hydrogen (secondary N) is 1. The van der Waals surface area contributed by atoms with Crippen LogP contribution >= 0.6 is 0 Å². The highest BCUT2D eigenvalue weighted by Crippen LogP contribution is 2.38. The maximum Gasteiger partial charge on any atom is 0.416 e. The number of ether oxygens (including phenoxy) is 1. The van der Waals surface area contributed by atoms with Crippen LogP contribution in [0.4, 0.5) is 36.1 Å². The molecule has 0 atom stereocenters. The molecule has 4 rings (SSSR count). The van der Waals surface area contributed by atoms with Crippen molar-refractivity contribution in [1.29, 1.82) is 0 Å². The molecule has 0 bridgehead atoms. The van der Waals surface area contributed by atoms with E-state index in [0.717, 1.165) is 12.1 Å². The molecule has 2 fully saturated rings. The van der Waals surface area contributed by atoms with Gasteiger partial charge in [0, 0.05) is 44.4 Å². The lowest BCUT2D eigenvalue weighted by Gasteiger charge is -2.33. The Bertz CT molecular complexity index is 1050. The standard InChI is InChI=1S/C22H24F3N5O4/c23-22(24,25)16-3-4-18(19(14-16)30(32)33)28-8-5-15(6-9-28)21(31)27-17-2-1-7-26-20(17)29-10-12-34-13-11-29/h1-4,7,14-15H,5-6,8-13H2,(H,27,31). The van der Waals surface area contributed by atoms with Gasteiger partial charge in [-0.3, -0.25) is 14.9 Å². The lowest BCUT2D eigenvalue weighted by molar-refractivity contribution is -0.384. The van der Waals surface area contributed by atoms with Gasteiger partial charge in [0.1, 0.15) is 5.69 Å². The number of alkyl halides is 3. The first kappa shape index (κ1) is 23.7. The molecule has 2 aromatic rings. The van der Waals surface area contributed by atoms with Crippen molar-refractivity contribution in [3.63, 3.8) is 0 Å². The molecule has 0 unspecified atom stereocenters. The summed E-state index contributed by atoms with van der Waals surface area (Å²) in [5.74, 6) is 0.170. The van der Waals surface area contributed by atoms with Gasteiger partial charge in [-0.05, 0) is 37.1 Å². The van der Waals surface area contributed by atoms with Gasteiger partial charge < -0.3 is 19.9 Å². The number of benzene rings is 1. The van der Waals surface area contributed by atoms with Gasteiger partial charge in [0.15, 0.2) is 5.82 Å². The second-order valence-corrected chi connectivity index (χ2v) is 8.18. The number of anilines is 3. The zero-order valence-corrected chi connectivity index (χ0v) is 18.3. The summed E-state index contributed by atoms with van der Waals surface area (Å²) in [7, 11) is 0. The number of hydrogen-bond donors (Lipinski definition) is 1. The van der Waals surface area contributed by atoms with E-state index < -0.39 is 22.4 Å². The molecule has 2 aliphatic heterocycles. The number of nitro groups is 1. The summed E-state index contributed by atoms with van der Waals surface area (Å²) in [6.07, 6.45) is -2.18. The third-order valence-corrected chi connectivity index (χ3v) is 6.06. The van der Waals surface area contributed by atoms with Gasteiger partial charge >= 0.3 is 6.18 Å². The second kappa shape index (κ2) is 9.84. The number of morpholine rings is 1. The molecule has 2 saturated heterocycles. The van der Waals surface area contributed by atoms with Crippen molar-refractivity contribution in [2.24, 2.45) is 5.92 Å². The van der Waals surface area contributed by atoms with Crippen molar-refractivity contribution in [3.05, 3.63) is 52.2 Å². The topological polar surface area (TPSA) is 101 Å². The van der Waals surface area contributed by atoms with Crippen molar-refractivity contribution < 1.29 is 27.6 Å². The minimum absolute atomic E-state index is 0.124. The van der Waals surface area contributed by atoms with Gasteiger partial charge in [-0.2, -0.15) is 13.2 Å². The third-order valence-electron chi connectivity index (χ3n) is 6.06. The number of nitrogens with zero attached hydrogens (tertiary/aromatic N) is 4. The Labute approximate surface area is 193 Å². The van der Waals surface area contributed by atoms with Gasteiger partial charge in [0.25, 0.3) is 5.69 Å². The number of carbonyl (C=O) groups excluding carboxylic acids is 1. The third kappa shape index (κ3) is 5.22. The average molecular weight is 479 g/mol. The van der Waals surface area contributed by atoms with Gasteiger partial charge in [0.2, 0.25) is 5.91 Å². The van der Waals surface area contributed by atoms with Gasteiger partial charge in [-0.1, -0.05) is 0 Å². The summed E-state index contributed by atoms with van der Waals surface area (Å²) >= 11 is 0. The number of halogens is 3. The van der Waals surface area contributed by atoms with Crippen LogP contribution in [-0.2, 0) is 15.7 Å². The van der Waals surface area contributed by atoms with Crippen LogP contribution in [0.3, 0.4) is 0 Å².